The first kappa shape index (κ1) is 16.2. The zero-order valence-electron chi connectivity index (χ0n) is 13.8. The number of nitrogens with one attached hydrogen (secondary N) is 1. The Bertz CT molecular complexity index is 547. The second kappa shape index (κ2) is 8.32. The van der Waals surface area contributed by atoms with E-state index in [9.17, 15) is 0 Å². The quantitative estimate of drug-likeness (QED) is 0.724. The van der Waals surface area contributed by atoms with E-state index in [0.29, 0.717) is 0 Å². The second-order valence-electron chi connectivity index (χ2n) is 5.64. The summed E-state index contributed by atoms with van der Waals surface area (Å²) in [6.07, 6.45) is 2.26. The largest absolute Gasteiger partial charge is 0.494 e. The Morgan fingerprint density at radius 2 is 1.64 bits per heavy atom. The third-order valence-corrected chi connectivity index (χ3v) is 3.57. The van der Waals surface area contributed by atoms with Gasteiger partial charge in [0.2, 0.25) is 0 Å². The first-order valence-corrected chi connectivity index (χ1v) is 7.92. The lowest BCUT2D eigenvalue weighted by Gasteiger charge is -2.13. The maximum atomic E-state index is 5.67. The Hall–Kier alpha value is -2.16. The average Bonchev–Trinajstić information content (AvgIpc) is 2.55. The van der Waals surface area contributed by atoms with Gasteiger partial charge in [0, 0.05) is 32.0 Å². The van der Waals surface area contributed by atoms with Crippen LogP contribution < -0.4 is 15.0 Å². The van der Waals surface area contributed by atoms with Crippen LogP contribution in [0.4, 0.5) is 11.4 Å². The van der Waals surface area contributed by atoms with Gasteiger partial charge in [0.1, 0.15) is 5.75 Å². The Morgan fingerprint density at radius 3 is 2.23 bits per heavy atom. The molecule has 1 N–H and O–H groups in total. The third kappa shape index (κ3) is 4.99. The molecule has 0 aliphatic rings. The van der Waals surface area contributed by atoms with Crippen molar-refractivity contribution in [2.24, 2.45) is 0 Å². The molecule has 3 heteroatoms. The highest BCUT2D eigenvalue weighted by Gasteiger charge is 1.98. The van der Waals surface area contributed by atoms with E-state index in [1.54, 1.807) is 0 Å². The molecule has 0 radical (unpaired) electrons. The van der Waals surface area contributed by atoms with Crippen LogP contribution >= 0.6 is 0 Å². The van der Waals surface area contributed by atoms with Crippen LogP contribution in [0.5, 0.6) is 5.75 Å². The van der Waals surface area contributed by atoms with E-state index >= 15 is 0 Å². The van der Waals surface area contributed by atoms with Crippen molar-refractivity contribution in [2.75, 3.05) is 30.9 Å². The van der Waals surface area contributed by atoms with Gasteiger partial charge >= 0.3 is 0 Å². The topological polar surface area (TPSA) is 24.5 Å². The van der Waals surface area contributed by atoms with E-state index in [1.165, 1.54) is 11.3 Å². The summed E-state index contributed by atoms with van der Waals surface area (Å²) in [6.45, 7) is 3.78. The molecule has 3 nitrogen and oxygen atoms in total. The maximum Gasteiger partial charge on any atom is 0.119 e. The number of ether oxygens (including phenoxy) is 1. The molecule has 22 heavy (non-hydrogen) atoms. The van der Waals surface area contributed by atoms with Crippen molar-refractivity contribution >= 4 is 11.4 Å². The lowest BCUT2D eigenvalue weighted by molar-refractivity contribution is 0.309. The molecule has 118 valence electrons. The number of rotatable bonds is 8. The number of hydrogen-bond acceptors (Lipinski definition) is 3. The Labute approximate surface area is 133 Å². The van der Waals surface area contributed by atoms with E-state index in [0.717, 1.165) is 37.4 Å². The highest BCUT2D eigenvalue weighted by atomic mass is 16.5. The number of nitrogens with zero attached hydrogens (tertiary/aromatic N) is 1. The summed E-state index contributed by atoms with van der Waals surface area (Å²) in [7, 11) is 4.10. The van der Waals surface area contributed by atoms with Crippen molar-refractivity contribution in [3.05, 3.63) is 54.1 Å². The molecule has 2 rings (SSSR count). The monoisotopic (exact) mass is 298 g/mol. The minimum atomic E-state index is 0.798. The molecule has 0 bridgehead atoms. The molecule has 0 fully saturated rings. The number of benzene rings is 2. The smallest absolute Gasteiger partial charge is 0.119 e. The zero-order chi connectivity index (χ0) is 15.8. The molecule has 0 aromatic heterocycles. The first-order valence-electron chi connectivity index (χ1n) is 7.92. The Kier molecular flexibility index (Phi) is 6.13. The minimum Gasteiger partial charge on any atom is -0.494 e. The van der Waals surface area contributed by atoms with Gasteiger partial charge in [0.25, 0.3) is 0 Å². The normalized spacial score (nSPS) is 10.3. The first-order chi connectivity index (χ1) is 10.7. The van der Waals surface area contributed by atoms with E-state index in [4.69, 9.17) is 4.74 Å². The van der Waals surface area contributed by atoms with Gasteiger partial charge in [-0.15, -0.1) is 0 Å². The van der Waals surface area contributed by atoms with Gasteiger partial charge in [-0.3, -0.25) is 0 Å². The third-order valence-electron chi connectivity index (χ3n) is 3.57. The van der Waals surface area contributed by atoms with Crippen molar-refractivity contribution in [1.29, 1.82) is 0 Å². The molecule has 0 saturated heterocycles. The summed E-state index contributed by atoms with van der Waals surface area (Å²) in [5, 5.41) is 3.44. The van der Waals surface area contributed by atoms with E-state index in [-0.39, 0.29) is 0 Å². The summed E-state index contributed by atoms with van der Waals surface area (Å²) >= 11 is 0. The van der Waals surface area contributed by atoms with Crippen LogP contribution in [0.15, 0.2) is 48.5 Å². The molecule has 0 heterocycles. The van der Waals surface area contributed by atoms with Gasteiger partial charge in [0.15, 0.2) is 0 Å². The zero-order valence-corrected chi connectivity index (χ0v) is 13.8. The van der Waals surface area contributed by atoms with E-state index in [1.807, 2.05) is 26.2 Å². The van der Waals surface area contributed by atoms with Gasteiger partial charge < -0.3 is 15.0 Å². The molecular weight excluding hydrogens is 272 g/mol. The van der Waals surface area contributed by atoms with Crippen molar-refractivity contribution in [2.45, 2.75) is 26.3 Å². The summed E-state index contributed by atoms with van der Waals surface area (Å²) in [5.74, 6) is 0.951. The van der Waals surface area contributed by atoms with Crippen LogP contribution in [-0.4, -0.2) is 20.7 Å². The highest BCUT2D eigenvalue weighted by Crippen LogP contribution is 2.17. The number of unbranched alkanes of at least 4 members (excludes halogenated alkanes) is 1. The van der Waals surface area contributed by atoms with Gasteiger partial charge in [0.05, 0.1) is 6.61 Å². The lowest BCUT2D eigenvalue weighted by atomic mass is 10.2. The van der Waals surface area contributed by atoms with Crippen molar-refractivity contribution < 1.29 is 4.74 Å². The van der Waals surface area contributed by atoms with E-state index in [2.05, 4.69) is 53.5 Å². The lowest BCUT2D eigenvalue weighted by Crippen LogP contribution is -2.08. The van der Waals surface area contributed by atoms with Gasteiger partial charge in [-0.2, -0.15) is 0 Å². The van der Waals surface area contributed by atoms with Crippen LogP contribution in [0.25, 0.3) is 0 Å². The van der Waals surface area contributed by atoms with Crippen molar-refractivity contribution in [3.8, 4) is 5.75 Å². The molecule has 0 saturated carbocycles. The summed E-state index contributed by atoms with van der Waals surface area (Å²) in [4.78, 5) is 2.10. The summed E-state index contributed by atoms with van der Waals surface area (Å²) in [6, 6.07) is 16.8. The van der Waals surface area contributed by atoms with Crippen LogP contribution in [0.3, 0.4) is 0 Å². The molecular formula is C19H26N2O. The summed E-state index contributed by atoms with van der Waals surface area (Å²) in [5.41, 5.74) is 3.59. The fourth-order valence-corrected chi connectivity index (χ4v) is 2.12. The standard InChI is InChI=1S/C19H26N2O/c1-4-5-14-22-19-12-6-16(7-13-19)15-20-17-8-10-18(11-9-17)21(2)3/h6-13,20H,4-5,14-15H2,1-3H3. The Morgan fingerprint density at radius 1 is 0.955 bits per heavy atom. The van der Waals surface area contributed by atoms with Gasteiger partial charge in [-0.25, -0.2) is 0 Å². The predicted molar refractivity (Wildman–Crippen MR) is 94.9 cm³/mol. The molecule has 0 aliphatic carbocycles. The van der Waals surface area contributed by atoms with Crippen LogP contribution in [0, 0.1) is 0 Å². The van der Waals surface area contributed by atoms with Crippen LogP contribution in [0.1, 0.15) is 25.3 Å². The summed E-state index contributed by atoms with van der Waals surface area (Å²) < 4.78 is 5.67. The van der Waals surface area contributed by atoms with Crippen LogP contribution in [-0.2, 0) is 6.54 Å². The molecule has 0 aliphatic heterocycles. The molecule has 0 atom stereocenters. The van der Waals surface area contributed by atoms with Gasteiger partial charge in [-0.1, -0.05) is 25.5 Å². The fourth-order valence-electron chi connectivity index (χ4n) is 2.12. The molecule has 0 spiro atoms. The average molecular weight is 298 g/mol. The highest BCUT2D eigenvalue weighted by molar-refractivity contribution is 5.54. The van der Waals surface area contributed by atoms with E-state index < -0.39 is 0 Å². The molecule has 2 aromatic carbocycles. The second-order valence-corrected chi connectivity index (χ2v) is 5.64. The SMILES string of the molecule is CCCCOc1ccc(CNc2ccc(N(C)C)cc2)cc1. The van der Waals surface area contributed by atoms with Crippen LogP contribution in [0.2, 0.25) is 0 Å². The number of hydrogen-bond donors (Lipinski definition) is 1. The molecule has 0 amide bonds. The van der Waals surface area contributed by atoms with Gasteiger partial charge in [-0.05, 0) is 48.4 Å². The Balaban J connectivity index is 1.83. The maximum absolute atomic E-state index is 5.67. The minimum absolute atomic E-state index is 0.798. The molecule has 0 unspecified atom stereocenters. The molecule has 2 aromatic rings. The predicted octanol–water partition coefficient (Wildman–Crippen LogP) is 4.54. The van der Waals surface area contributed by atoms with Crippen molar-refractivity contribution in [3.63, 3.8) is 0 Å². The fraction of sp³-hybridized carbons (Fsp3) is 0.368. The van der Waals surface area contributed by atoms with Crippen molar-refractivity contribution in [1.82, 2.24) is 0 Å². The number of anilines is 2.